The van der Waals surface area contributed by atoms with Crippen LogP contribution in [0.2, 0.25) is 0 Å². The molecule has 0 spiro atoms. The first kappa shape index (κ1) is 12.1. The van der Waals surface area contributed by atoms with Crippen molar-refractivity contribution >= 4 is 22.4 Å². The minimum absolute atomic E-state index is 0.154. The van der Waals surface area contributed by atoms with Gasteiger partial charge in [-0.3, -0.25) is 4.79 Å². The number of aromatic nitrogens is 1. The topological polar surface area (TPSA) is 68.0 Å². The molecular formula is C10H17N3OS. The maximum Gasteiger partial charge on any atom is 0.243 e. The van der Waals surface area contributed by atoms with Crippen molar-refractivity contribution < 1.29 is 4.79 Å². The van der Waals surface area contributed by atoms with Crippen molar-refractivity contribution in [3.8, 4) is 0 Å². The lowest BCUT2D eigenvalue weighted by Crippen LogP contribution is -2.40. The van der Waals surface area contributed by atoms with Crippen molar-refractivity contribution in [3.63, 3.8) is 0 Å². The highest BCUT2D eigenvalue weighted by Crippen LogP contribution is 2.15. The zero-order valence-corrected chi connectivity index (χ0v) is 10.1. The Morgan fingerprint density at radius 1 is 1.73 bits per heavy atom. The van der Waals surface area contributed by atoms with E-state index in [1.807, 2.05) is 26.2 Å². The van der Waals surface area contributed by atoms with Gasteiger partial charge in [-0.05, 0) is 12.8 Å². The van der Waals surface area contributed by atoms with Crippen molar-refractivity contribution in [1.29, 1.82) is 0 Å². The van der Waals surface area contributed by atoms with E-state index in [0.29, 0.717) is 5.13 Å². The van der Waals surface area contributed by atoms with Crippen molar-refractivity contribution in [2.75, 3.05) is 5.32 Å². The van der Waals surface area contributed by atoms with Crippen LogP contribution in [0.15, 0.2) is 5.38 Å². The van der Waals surface area contributed by atoms with Crippen LogP contribution < -0.4 is 11.1 Å². The summed E-state index contributed by atoms with van der Waals surface area (Å²) in [5.74, 6) is 0.0322. The van der Waals surface area contributed by atoms with E-state index in [-0.39, 0.29) is 11.8 Å². The van der Waals surface area contributed by atoms with Gasteiger partial charge in [-0.15, -0.1) is 11.3 Å². The van der Waals surface area contributed by atoms with Gasteiger partial charge in [-0.25, -0.2) is 4.98 Å². The van der Waals surface area contributed by atoms with Crippen molar-refractivity contribution in [2.24, 2.45) is 11.7 Å². The monoisotopic (exact) mass is 227 g/mol. The molecule has 4 nitrogen and oxygen atoms in total. The minimum atomic E-state index is -0.459. The van der Waals surface area contributed by atoms with Crippen LogP contribution in [0.1, 0.15) is 26.0 Å². The molecule has 0 aliphatic rings. The molecule has 1 unspecified atom stereocenters. The van der Waals surface area contributed by atoms with E-state index in [2.05, 4.69) is 10.3 Å². The Hall–Kier alpha value is -0.940. The Morgan fingerprint density at radius 3 is 2.87 bits per heavy atom. The molecule has 0 bridgehead atoms. The average molecular weight is 227 g/mol. The van der Waals surface area contributed by atoms with Crippen LogP contribution in [-0.4, -0.2) is 16.9 Å². The summed E-state index contributed by atoms with van der Waals surface area (Å²) in [6, 6.07) is -0.459. The number of carbonyl (C=O) groups is 1. The molecule has 3 N–H and O–H groups in total. The molecule has 1 rings (SSSR count). The zero-order valence-electron chi connectivity index (χ0n) is 9.28. The highest BCUT2D eigenvalue weighted by Gasteiger charge is 2.19. The van der Waals surface area contributed by atoms with E-state index in [0.717, 1.165) is 12.1 Å². The molecule has 5 heteroatoms. The van der Waals surface area contributed by atoms with Crippen LogP contribution in [-0.2, 0) is 4.79 Å². The maximum atomic E-state index is 11.7. The van der Waals surface area contributed by atoms with Gasteiger partial charge in [0.2, 0.25) is 5.91 Å². The van der Waals surface area contributed by atoms with Gasteiger partial charge in [0.1, 0.15) is 0 Å². The van der Waals surface area contributed by atoms with Gasteiger partial charge in [0.25, 0.3) is 0 Å². The predicted molar refractivity (Wildman–Crippen MR) is 62.9 cm³/mol. The summed E-state index contributed by atoms with van der Waals surface area (Å²) in [4.78, 5) is 15.8. The van der Waals surface area contributed by atoms with Crippen LogP contribution in [0.25, 0.3) is 0 Å². The number of amides is 1. The molecule has 15 heavy (non-hydrogen) atoms. The number of thiazole rings is 1. The number of anilines is 1. The van der Waals surface area contributed by atoms with Gasteiger partial charge >= 0.3 is 0 Å². The van der Waals surface area contributed by atoms with Gasteiger partial charge in [-0.1, -0.05) is 20.3 Å². The number of hydrogen-bond donors (Lipinski definition) is 2. The summed E-state index contributed by atoms with van der Waals surface area (Å²) in [6.45, 7) is 5.88. The smallest absolute Gasteiger partial charge is 0.243 e. The van der Waals surface area contributed by atoms with Crippen LogP contribution in [0, 0.1) is 12.8 Å². The Morgan fingerprint density at radius 2 is 2.40 bits per heavy atom. The number of rotatable bonds is 4. The van der Waals surface area contributed by atoms with Crippen LogP contribution in [0.5, 0.6) is 0 Å². The Labute approximate surface area is 93.9 Å². The molecule has 1 amide bonds. The molecule has 0 aromatic carbocycles. The number of nitrogens with two attached hydrogens (primary N) is 1. The number of hydrogen-bond acceptors (Lipinski definition) is 4. The van der Waals surface area contributed by atoms with Crippen molar-refractivity contribution in [3.05, 3.63) is 11.1 Å². The number of nitrogens with zero attached hydrogens (tertiary/aromatic N) is 1. The van der Waals surface area contributed by atoms with E-state index in [9.17, 15) is 4.79 Å². The van der Waals surface area contributed by atoms with Gasteiger partial charge in [0.05, 0.1) is 11.7 Å². The molecule has 1 aromatic heterocycles. The molecule has 0 saturated heterocycles. The molecule has 0 aliphatic carbocycles. The highest BCUT2D eigenvalue weighted by molar-refractivity contribution is 7.13. The van der Waals surface area contributed by atoms with Gasteiger partial charge in [0.15, 0.2) is 5.13 Å². The van der Waals surface area contributed by atoms with E-state index in [1.54, 1.807) is 0 Å². The fourth-order valence-electron chi connectivity index (χ4n) is 1.11. The molecule has 0 fully saturated rings. The summed E-state index contributed by atoms with van der Waals surface area (Å²) < 4.78 is 0. The normalized spacial score (nSPS) is 14.7. The van der Waals surface area contributed by atoms with Crippen LogP contribution in [0.4, 0.5) is 5.13 Å². The van der Waals surface area contributed by atoms with E-state index in [4.69, 9.17) is 5.73 Å². The van der Waals surface area contributed by atoms with E-state index in [1.165, 1.54) is 11.3 Å². The molecule has 1 aromatic rings. The second kappa shape index (κ2) is 5.23. The second-order valence-corrected chi connectivity index (χ2v) is 4.55. The Balaban J connectivity index is 2.55. The lowest BCUT2D eigenvalue weighted by Gasteiger charge is -2.16. The fraction of sp³-hybridized carbons (Fsp3) is 0.600. The summed E-state index contributed by atoms with van der Waals surface area (Å²) in [5, 5.41) is 5.24. The molecular weight excluding hydrogens is 210 g/mol. The Kier molecular flexibility index (Phi) is 4.23. The maximum absolute atomic E-state index is 11.7. The standard InChI is InChI=1S/C10H17N3OS/c1-4-6(2)8(11)9(14)13-10-12-7(3)5-15-10/h5-6,8H,4,11H2,1-3H3,(H,12,13,14)/t6?,8-/m0/s1. The zero-order chi connectivity index (χ0) is 11.4. The number of aryl methyl sites for hydroxylation is 1. The number of carbonyl (C=O) groups excluding carboxylic acids is 1. The Bertz CT molecular complexity index is 337. The van der Waals surface area contributed by atoms with Crippen molar-refractivity contribution in [2.45, 2.75) is 33.2 Å². The second-order valence-electron chi connectivity index (χ2n) is 3.69. The highest BCUT2D eigenvalue weighted by atomic mass is 32.1. The molecule has 0 radical (unpaired) electrons. The third kappa shape index (κ3) is 3.28. The first-order valence-corrected chi connectivity index (χ1v) is 5.91. The predicted octanol–water partition coefficient (Wildman–Crippen LogP) is 1.76. The quantitative estimate of drug-likeness (QED) is 0.823. The summed E-state index contributed by atoms with van der Waals surface area (Å²) >= 11 is 1.42. The third-order valence-corrected chi connectivity index (χ3v) is 3.28. The number of nitrogens with one attached hydrogen (secondary N) is 1. The summed E-state index contributed by atoms with van der Waals surface area (Å²) in [7, 11) is 0. The molecule has 1 heterocycles. The van der Waals surface area contributed by atoms with E-state index < -0.39 is 6.04 Å². The summed E-state index contributed by atoms with van der Waals surface area (Å²) in [6.07, 6.45) is 0.894. The van der Waals surface area contributed by atoms with Crippen LogP contribution >= 0.6 is 11.3 Å². The van der Waals surface area contributed by atoms with Gasteiger partial charge < -0.3 is 11.1 Å². The summed E-state index contributed by atoms with van der Waals surface area (Å²) in [5.41, 5.74) is 6.70. The van der Waals surface area contributed by atoms with Gasteiger partial charge in [-0.2, -0.15) is 0 Å². The molecule has 0 saturated carbocycles. The van der Waals surface area contributed by atoms with Crippen molar-refractivity contribution in [1.82, 2.24) is 4.98 Å². The largest absolute Gasteiger partial charge is 0.320 e. The SMILES string of the molecule is CCC(C)[C@H](N)C(=O)Nc1nc(C)cs1. The molecule has 2 atom stereocenters. The average Bonchev–Trinajstić information content (AvgIpc) is 2.61. The van der Waals surface area contributed by atoms with Crippen LogP contribution in [0.3, 0.4) is 0 Å². The van der Waals surface area contributed by atoms with Gasteiger partial charge in [0, 0.05) is 5.38 Å². The molecule has 84 valence electrons. The first-order valence-electron chi connectivity index (χ1n) is 5.03. The lowest BCUT2D eigenvalue weighted by molar-refractivity contribution is -0.118. The molecule has 0 aliphatic heterocycles. The third-order valence-electron chi connectivity index (χ3n) is 2.41. The fourth-order valence-corrected chi connectivity index (χ4v) is 1.80. The lowest BCUT2D eigenvalue weighted by atomic mass is 10.00. The first-order chi connectivity index (χ1) is 7.04. The minimum Gasteiger partial charge on any atom is -0.320 e. The van der Waals surface area contributed by atoms with E-state index >= 15 is 0 Å².